The van der Waals surface area contributed by atoms with Crippen LogP contribution in [-0.2, 0) is 13.2 Å². The van der Waals surface area contributed by atoms with Crippen LogP contribution in [0.2, 0.25) is 0 Å². The van der Waals surface area contributed by atoms with E-state index < -0.39 is 0 Å². The molecule has 140 valence electrons. The molecule has 0 unspecified atom stereocenters. The summed E-state index contributed by atoms with van der Waals surface area (Å²) in [4.78, 5) is 17.8. The standard InChI is InChI=1S/C21H18BrN5O/c1-14-25-18-12-24-21(28-13-15-6-3-2-4-7-15)27-19(18)20(26-14)23-11-16-8-5-9-17(22)10-16/h2-10,12H,11,13H2,1H3,(H,23,25,26). The Labute approximate surface area is 171 Å². The lowest BCUT2D eigenvalue weighted by Crippen LogP contribution is -2.07. The second kappa shape index (κ2) is 8.31. The summed E-state index contributed by atoms with van der Waals surface area (Å²) in [5.74, 6) is 1.32. The zero-order chi connectivity index (χ0) is 19.3. The maximum absolute atomic E-state index is 5.75. The first-order chi connectivity index (χ1) is 13.7. The van der Waals surface area contributed by atoms with Crippen LogP contribution in [0.1, 0.15) is 17.0 Å². The molecule has 2 aromatic carbocycles. The Morgan fingerprint density at radius 3 is 2.61 bits per heavy atom. The summed E-state index contributed by atoms with van der Waals surface area (Å²) in [6, 6.07) is 18.3. The monoisotopic (exact) mass is 435 g/mol. The van der Waals surface area contributed by atoms with E-state index in [0.717, 1.165) is 15.6 Å². The lowest BCUT2D eigenvalue weighted by atomic mass is 10.2. The van der Waals surface area contributed by atoms with Gasteiger partial charge in [0.1, 0.15) is 23.5 Å². The number of aryl methyl sites for hydroxylation is 1. The van der Waals surface area contributed by atoms with Gasteiger partial charge in [-0.25, -0.2) is 15.0 Å². The quantitative estimate of drug-likeness (QED) is 0.473. The number of aromatic nitrogens is 4. The second-order valence-corrected chi connectivity index (χ2v) is 7.18. The van der Waals surface area contributed by atoms with Crippen molar-refractivity contribution in [2.75, 3.05) is 5.32 Å². The Kier molecular flexibility index (Phi) is 5.43. The molecule has 28 heavy (non-hydrogen) atoms. The molecule has 0 atom stereocenters. The topological polar surface area (TPSA) is 72.8 Å². The maximum Gasteiger partial charge on any atom is 0.317 e. The van der Waals surface area contributed by atoms with E-state index in [9.17, 15) is 0 Å². The SMILES string of the molecule is Cc1nc(NCc2cccc(Br)c2)c2nc(OCc3ccccc3)ncc2n1. The third kappa shape index (κ3) is 4.43. The molecule has 4 rings (SSSR count). The molecule has 1 N–H and O–H groups in total. The number of anilines is 1. The molecule has 4 aromatic rings. The minimum Gasteiger partial charge on any atom is -0.459 e. The van der Waals surface area contributed by atoms with Gasteiger partial charge in [0.15, 0.2) is 5.82 Å². The van der Waals surface area contributed by atoms with Crippen molar-refractivity contribution in [1.29, 1.82) is 0 Å². The predicted octanol–water partition coefficient (Wildman–Crippen LogP) is 4.68. The van der Waals surface area contributed by atoms with E-state index in [4.69, 9.17) is 4.74 Å². The van der Waals surface area contributed by atoms with Crippen molar-refractivity contribution in [1.82, 2.24) is 19.9 Å². The molecule has 0 saturated heterocycles. The summed E-state index contributed by atoms with van der Waals surface area (Å²) >= 11 is 3.50. The van der Waals surface area contributed by atoms with Crippen molar-refractivity contribution < 1.29 is 4.74 Å². The number of ether oxygens (including phenoxy) is 1. The summed E-state index contributed by atoms with van der Waals surface area (Å²) in [5, 5.41) is 3.36. The van der Waals surface area contributed by atoms with Gasteiger partial charge in [0.25, 0.3) is 0 Å². The van der Waals surface area contributed by atoms with Crippen LogP contribution in [0.3, 0.4) is 0 Å². The highest BCUT2D eigenvalue weighted by Crippen LogP contribution is 2.21. The average Bonchev–Trinajstić information content (AvgIpc) is 2.71. The molecule has 0 fully saturated rings. The van der Waals surface area contributed by atoms with E-state index in [2.05, 4.69) is 53.3 Å². The summed E-state index contributed by atoms with van der Waals surface area (Å²) in [6.45, 7) is 2.87. The molecule has 0 aliphatic rings. The van der Waals surface area contributed by atoms with Gasteiger partial charge < -0.3 is 10.1 Å². The number of hydrogen-bond donors (Lipinski definition) is 1. The Morgan fingerprint density at radius 2 is 1.79 bits per heavy atom. The molecule has 0 saturated carbocycles. The zero-order valence-corrected chi connectivity index (χ0v) is 16.8. The second-order valence-electron chi connectivity index (χ2n) is 6.26. The molecular formula is C21H18BrN5O. The molecular weight excluding hydrogens is 418 g/mol. The fourth-order valence-electron chi connectivity index (χ4n) is 2.78. The van der Waals surface area contributed by atoms with Gasteiger partial charge in [-0.2, -0.15) is 4.98 Å². The van der Waals surface area contributed by atoms with E-state index in [1.807, 2.05) is 49.4 Å². The van der Waals surface area contributed by atoms with E-state index >= 15 is 0 Å². The fraction of sp³-hybridized carbons (Fsp3) is 0.143. The van der Waals surface area contributed by atoms with Gasteiger partial charge in [0.2, 0.25) is 0 Å². The average molecular weight is 436 g/mol. The van der Waals surface area contributed by atoms with Crippen LogP contribution in [0.5, 0.6) is 6.01 Å². The third-order valence-corrected chi connectivity index (χ3v) is 4.58. The van der Waals surface area contributed by atoms with Crippen LogP contribution in [0.15, 0.2) is 65.3 Å². The lowest BCUT2D eigenvalue weighted by Gasteiger charge is -2.10. The number of benzene rings is 2. The Hall–Kier alpha value is -3.06. The van der Waals surface area contributed by atoms with Gasteiger partial charge >= 0.3 is 6.01 Å². The predicted molar refractivity (Wildman–Crippen MR) is 112 cm³/mol. The highest BCUT2D eigenvalue weighted by Gasteiger charge is 2.10. The highest BCUT2D eigenvalue weighted by molar-refractivity contribution is 9.10. The van der Waals surface area contributed by atoms with E-state index in [0.29, 0.717) is 41.8 Å². The third-order valence-electron chi connectivity index (χ3n) is 4.09. The van der Waals surface area contributed by atoms with Gasteiger partial charge in [-0.1, -0.05) is 58.4 Å². The van der Waals surface area contributed by atoms with Crippen LogP contribution >= 0.6 is 15.9 Å². The maximum atomic E-state index is 5.75. The lowest BCUT2D eigenvalue weighted by molar-refractivity contribution is 0.282. The van der Waals surface area contributed by atoms with E-state index in [1.165, 1.54) is 0 Å². The molecule has 0 aliphatic carbocycles. The van der Waals surface area contributed by atoms with Crippen LogP contribution in [-0.4, -0.2) is 19.9 Å². The number of nitrogens with zero attached hydrogens (tertiary/aromatic N) is 4. The minimum atomic E-state index is 0.300. The molecule has 7 heteroatoms. The van der Waals surface area contributed by atoms with E-state index in [-0.39, 0.29) is 0 Å². The minimum absolute atomic E-state index is 0.300. The number of fused-ring (bicyclic) bond motifs is 1. The van der Waals surface area contributed by atoms with Crippen molar-refractivity contribution >= 4 is 32.8 Å². The Bertz CT molecular complexity index is 1100. The summed E-state index contributed by atoms with van der Waals surface area (Å²) in [7, 11) is 0. The number of rotatable bonds is 6. The van der Waals surface area contributed by atoms with Crippen molar-refractivity contribution in [3.8, 4) is 6.01 Å². The Balaban J connectivity index is 1.58. The first kappa shape index (κ1) is 18.3. The summed E-state index contributed by atoms with van der Waals surface area (Å²) in [6.07, 6.45) is 1.67. The summed E-state index contributed by atoms with van der Waals surface area (Å²) in [5.41, 5.74) is 3.50. The molecule has 0 bridgehead atoms. The van der Waals surface area contributed by atoms with Gasteiger partial charge in [-0.15, -0.1) is 0 Å². The van der Waals surface area contributed by atoms with Crippen molar-refractivity contribution in [3.05, 3.63) is 82.2 Å². The van der Waals surface area contributed by atoms with Gasteiger partial charge in [-0.05, 0) is 30.2 Å². The van der Waals surface area contributed by atoms with E-state index in [1.54, 1.807) is 6.20 Å². The largest absolute Gasteiger partial charge is 0.459 e. The van der Waals surface area contributed by atoms with Gasteiger partial charge in [-0.3, -0.25) is 0 Å². The number of hydrogen-bond acceptors (Lipinski definition) is 6. The molecule has 2 heterocycles. The fourth-order valence-corrected chi connectivity index (χ4v) is 3.22. The highest BCUT2D eigenvalue weighted by atomic mass is 79.9. The normalized spacial score (nSPS) is 10.8. The zero-order valence-electron chi connectivity index (χ0n) is 15.3. The first-order valence-electron chi connectivity index (χ1n) is 8.84. The van der Waals surface area contributed by atoms with Crippen LogP contribution in [0.25, 0.3) is 11.0 Å². The molecule has 0 aliphatic heterocycles. The first-order valence-corrected chi connectivity index (χ1v) is 9.63. The molecule has 0 amide bonds. The van der Waals surface area contributed by atoms with Crippen LogP contribution < -0.4 is 10.1 Å². The van der Waals surface area contributed by atoms with Crippen molar-refractivity contribution in [2.24, 2.45) is 0 Å². The van der Waals surface area contributed by atoms with Gasteiger partial charge in [0.05, 0.1) is 6.20 Å². The molecule has 0 radical (unpaired) electrons. The van der Waals surface area contributed by atoms with Crippen LogP contribution in [0, 0.1) is 6.92 Å². The number of nitrogens with one attached hydrogen (secondary N) is 1. The van der Waals surface area contributed by atoms with Gasteiger partial charge in [0, 0.05) is 11.0 Å². The molecule has 0 spiro atoms. The Morgan fingerprint density at radius 1 is 0.964 bits per heavy atom. The molecule has 2 aromatic heterocycles. The van der Waals surface area contributed by atoms with Crippen molar-refractivity contribution in [3.63, 3.8) is 0 Å². The smallest absolute Gasteiger partial charge is 0.317 e. The van der Waals surface area contributed by atoms with Crippen molar-refractivity contribution in [2.45, 2.75) is 20.1 Å². The summed E-state index contributed by atoms with van der Waals surface area (Å²) < 4.78 is 6.79. The number of halogens is 1. The van der Waals surface area contributed by atoms with Crippen LogP contribution in [0.4, 0.5) is 5.82 Å². The molecule has 6 nitrogen and oxygen atoms in total.